The summed E-state index contributed by atoms with van der Waals surface area (Å²) in [6.07, 6.45) is 28.6. The number of allylic oxidation sites excluding steroid dienone is 10. The molecule has 0 amide bonds. The molecule has 2 N–H and O–H groups in total. The molecular weight excluding hydrogens is 312 g/mol. The van der Waals surface area contributed by atoms with Crippen molar-refractivity contribution >= 4 is 5.97 Å². The van der Waals surface area contributed by atoms with Crippen molar-refractivity contribution in [2.24, 2.45) is 0 Å². The van der Waals surface area contributed by atoms with Crippen LogP contribution in [0.4, 0.5) is 0 Å². The van der Waals surface area contributed by atoms with Crippen LogP contribution >= 0.6 is 0 Å². The van der Waals surface area contributed by atoms with Crippen molar-refractivity contribution in [2.45, 2.75) is 58.0 Å². The van der Waals surface area contributed by atoms with Gasteiger partial charge in [0.05, 0.1) is 6.10 Å². The fraction of sp³-hybridized carbons (Fsp3) is 0.409. The Balaban J connectivity index is 3.71. The molecule has 3 nitrogen and oxygen atoms in total. The predicted molar refractivity (Wildman–Crippen MR) is 106 cm³/mol. The quantitative estimate of drug-likeness (QED) is 0.322. The Morgan fingerprint density at radius 3 is 2.04 bits per heavy atom. The van der Waals surface area contributed by atoms with Gasteiger partial charge in [0.25, 0.3) is 0 Å². The minimum Gasteiger partial charge on any atom is -0.481 e. The zero-order valence-corrected chi connectivity index (χ0v) is 15.3. The summed E-state index contributed by atoms with van der Waals surface area (Å²) in [5.41, 5.74) is 0. The molecule has 0 radical (unpaired) electrons. The van der Waals surface area contributed by atoms with E-state index < -0.39 is 12.1 Å². The van der Waals surface area contributed by atoms with Gasteiger partial charge < -0.3 is 10.2 Å². The van der Waals surface area contributed by atoms with Crippen LogP contribution in [0.2, 0.25) is 0 Å². The van der Waals surface area contributed by atoms with Crippen LogP contribution in [-0.4, -0.2) is 22.3 Å². The van der Waals surface area contributed by atoms with E-state index in [0.717, 1.165) is 25.7 Å². The van der Waals surface area contributed by atoms with Crippen molar-refractivity contribution in [3.05, 3.63) is 72.9 Å². The van der Waals surface area contributed by atoms with Crippen LogP contribution in [0.5, 0.6) is 0 Å². The number of rotatable bonds is 14. The first kappa shape index (κ1) is 22.9. The second kappa shape index (κ2) is 18.2. The summed E-state index contributed by atoms with van der Waals surface area (Å²) >= 11 is 0. The van der Waals surface area contributed by atoms with Crippen molar-refractivity contribution in [1.29, 1.82) is 0 Å². The maximum atomic E-state index is 10.3. The molecule has 25 heavy (non-hydrogen) atoms. The highest BCUT2D eigenvalue weighted by molar-refractivity contribution is 5.66. The van der Waals surface area contributed by atoms with Gasteiger partial charge in [-0.25, -0.2) is 0 Å². The van der Waals surface area contributed by atoms with E-state index in [0.29, 0.717) is 12.8 Å². The van der Waals surface area contributed by atoms with Gasteiger partial charge in [-0.3, -0.25) is 4.79 Å². The summed E-state index contributed by atoms with van der Waals surface area (Å²) in [6.45, 7) is 2.13. The summed E-state index contributed by atoms with van der Waals surface area (Å²) in [7, 11) is 0. The number of carbonyl (C=O) groups is 1. The van der Waals surface area contributed by atoms with Gasteiger partial charge in [0.1, 0.15) is 0 Å². The van der Waals surface area contributed by atoms with E-state index in [1.54, 1.807) is 12.2 Å². The average Bonchev–Trinajstić information content (AvgIpc) is 2.58. The van der Waals surface area contributed by atoms with Crippen molar-refractivity contribution in [2.75, 3.05) is 0 Å². The third-order valence-corrected chi connectivity index (χ3v) is 3.20. The molecule has 0 fully saturated rings. The van der Waals surface area contributed by atoms with E-state index in [4.69, 9.17) is 5.11 Å². The Hall–Kier alpha value is -2.13. The summed E-state index contributed by atoms with van der Waals surface area (Å²) in [5, 5.41) is 18.2. The number of aliphatic carboxylic acids is 1. The normalized spacial score (nSPS) is 14.3. The summed E-state index contributed by atoms with van der Waals surface area (Å²) in [5.74, 6) is -0.801. The molecular formula is C22H32O3. The highest BCUT2D eigenvalue weighted by atomic mass is 16.4. The lowest BCUT2D eigenvalue weighted by Gasteiger charge is -1.98. The first-order chi connectivity index (χ1) is 12.2. The molecule has 0 aliphatic heterocycles. The van der Waals surface area contributed by atoms with E-state index in [-0.39, 0.29) is 6.42 Å². The van der Waals surface area contributed by atoms with Crippen LogP contribution in [0, 0.1) is 0 Å². The molecule has 0 aromatic heterocycles. The van der Waals surface area contributed by atoms with Gasteiger partial charge >= 0.3 is 5.97 Å². The number of aliphatic hydroxyl groups is 1. The molecule has 0 unspecified atom stereocenters. The minimum absolute atomic E-state index is 0.129. The summed E-state index contributed by atoms with van der Waals surface area (Å²) < 4.78 is 0. The van der Waals surface area contributed by atoms with Crippen LogP contribution in [-0.2, 0) is 4.79 Å². The van der Waals surface area contributed by atoms with Crippen molar-refractivity contribution < 1.29 is 15.0 Å². The van der Waals surface area contributed by atoms with Gasteiger partial charge in [-0.15, -0.1) is 0 Å². The van der Waals surface area contributed by atoms with Gasteiger partial charge in [0.2, 0.25) is 0 Å². The lowest BCUT2D eigenvalue weighted by atomic mass is 10.2. The number of carboxylic acids is 1. The maximum Gasteiger partial charge on any atom is 0.303 e. The number of aliphatic hydroxyl groups excluding tert-OH is 1. The zero-order valence-electron chi connectivity index (χ0n) is 15.3. The Bertz CT molecular complexity index is 493. The second-order valence-corrected chi connectivity index (χ2v) is 5.55. The van der Waals surface area contributed by atoms with E-state index in [9.17, 15) is 9.90 Å². The van der Waals surface area contributed by atoms with Crippen LogP contribution < -0.4 is 0 Å². The lowest BCUT2D eigenvalue weighted by Crippen LogP contribution is -1.99. The van der Waals surface area contributed by atoms with Crippen molar-refractivity contribution in [3.8, 4) is 0 Å². The maximum absolute atomic E-state index is 10.3. The number of carboxylic acid groups (broad SMARTS) is 1. The van der Waals surface area contributed by atoms with Crippen LogP contribution in [0.25, 0.3) is 0 Å². The Kier molecular flexibility index (Phi) is 16.7. The number of hydrogen-bond acceptors (Lipinski definition) is 2. The summed E-state index contributed by atoms with van der Waals surface area (Å²) in [4.78, 5) is 10.3. The Morgan fingerprint density at radius 1 is 0.840 bits per heavy atom. The molecule has 0 aromatic carbocycles. The van der Waals surface area contributed by atoms with Crippen LogP contribution in [0.3, 0.4) is 0 Å². The lowest BCUT2D eigenvalue weighted by molar-refractivity contribution is -0.136. The standard InChI is InChI=1S/C22H32O3/c1-2-3-4-5-6-7-8-9-10-11-12-13-15-18-21(23)19-16-14-17-20-22(24)25/h3-4,6-7,9-10,12-16,18,21,23H,2,5,8,11,17,19-20H2,1H3,(H,24,25)/b4-3-,7-6-,10-9-,13-12-,16-14-,18-15+/t21-/m0/s1. The third-order valence-electron chi connectivity index (χ3n) is 3.20. The highest BCUT2D eigenvalue weighted by Gasteiger charge is 1.95. The summed E-state index contributed by atoms with van der Waals surface area (Å²) in [6, 6.07) is 0. The average molecular weight is 344 g/mol. The Labute approximate surface area is 152 Å². The molecule has 0 saturated carbocycles. The van der Waals surface area contributed by atoms with Crippen LogP contribution in [0.15, 0.2) is 72.9 Å². The first-order valence-electron chi connectivity index (χ1n) is 9.00. The minimum atomic E-state index is -0.801. The SMILES string of the molecule is CC/C=C\C/C=C\C/C=C\C/C=C\C=C\[C@H](O)C/C=C\CCC(=O)O. The molecule has 0 spiro atoms. The fourth-order valence-electron chi connectivity index (χ4n) is 1.87. The van der Waals surface area contributed by atoms with Crippen LogP contribution in [0.1, 0.15) is 51.9 Å². The molecule has 0 rings (SSSR count). The van der Waals surface area contributed by atoms with Gasteiger partial charge in [-0.05, 0) is 38.5 Å². The second-order valence-electron chi connectivity index (χ2n) is 5.55. The van der Waals surface area contributed by atoms with Crippen molar-refractivity contribution in [1.82, 2.24) is 0 Å². The van der Waals surface area contributed by atoms with Gasteiger partial charge in [0.15, 0.2) is 0 Å². The molecule has 0 aliphatic rings. The topological polar surface area (TPSA) is 57.5 Å². The molecule has 0 heterocycles. The smallest absolute Gasteiger partial charge is 0.303 e. The zero-order chi connectivity index (χ0) is 18.6. The van der Waals surface area contributed by atoms with Crippen molar-refractivity contribution in [3.63, 3.8) is 0 Å². The number of hydrogen-bond donors (Lipinski definition) is 2. The Morgan fingerprint density at radius 2 is 1.44 bits per heavy atom. The van der Waals surface area contributed by atoms with E-state index >= 15 is 0 Å². The monoisotopic (exact) mass is 344 g/mol. The van der Waals surface area contributed by atoms with Gasteiger partial charge in [0, 0.05) is 6.42 Å². The van der Waals surface area contributed by atoms with Gasteiger partial charge in [-0.1, -0.05) is 79.8 Å². The molecule has 0 bridgehead atoms. The first-order valence-corrected chi connectivity index (χ1v) is 9.00. The highest BCUT2D eigenvalue weighted by Crippen LogP contribution is 1.99. The molecule has 0 aliphatic carbocycles. The largest absolute Gasteiger partial charge is 0.481 e. The molecule has 138 valence electrons. The predicted octanol–water partition coefficient (Wildman–Crippen LogP) is 5.52. The molecule has 1 atom stereocenters. The molecule has 0 aromatic rings. The van der Waals surface area contributed by atoms with E-state index in [1.165, 1.54) is 0 Å². The van der Waals surface area contributed by atoms with E-state index in [1.807, 2.05) is 24.3 Å². The molecule has 3 heteroatoms. The third kappa shape index (κ3) is 19.8. The fourth-order valence-corrected chi connectivity index (χ4v) is 1.87. The van der Waals surface area contributed by atoms with Gasteiger partial charge in [-0.2, -0.15) is 0 Å². The molecule has 0 saturated heterocycles. The van der Waals surface area contributed by atoms with E-state index in [2.05, 4.69) is 43.4 Å².